The highest BCUT2D eigenvalue weighted by Gasteiger charge is 2.29. The predicted octanol–water partition coefficient (Wildman–Crippen LogP) is 2.55. The zero-order chi connectivity index (χ0) is 15.6. The van der Waals surface area contributed by atoms with E-state index in [1.807, 2.05) is 13.0 Å². The van der Waals surface area contributed by atoms with Crippen LogP contribution >= 0.6 is 0 Å². The monoisotopic (exact) mass is 293 g/mol. The minimum absolute atomic E-state index is 0.176. The van der Waals surface area contributed by atoms with E-state index >= 15 is 0 Å². The molecule has 1 unspecified atom stereocenters. The van der Waals surface area contributed by atoms with E-state index in [1.165, 1.54) is 6.07 Å². The average Bonchev–Trinajstić information content (AvgIpc) is 2.41. The molecule has 0 aliphatic carbocycles. The first-order chi connectivity index (χ1) is 9.82. The number of nitrogens with two attached hydrogens (primary N) is 1. The molecule has 1 atom stereocenters. The molecule has 1 aromatic rings. The summed E-state index contributed by atoms with van der Waals surface area (Å²) >= 11 is 0. The van der Waals surface area contributed by atoms with E-state index < -0.39 is 0 Å². The number of rotatable bonds is 3. The summed E-state index contributed by atoms with van der Waals surface area (Å²) in [7, 11) is 0. The summed E-state index contributed by atoms with van der Waals surface area (Å²) in [6.07, 6.45) is 0. The molecule has 118 valence electrons. The molecule has 1 fully saturated rings. The van der Waals surface area contributed by atoms with Gasteiger partial charge in [-0.2, -0.15) is 0 Å². The summed E-state index contributed by atoms with van der Waals surface area (Å²) in [5.41, 5.74) is 8.38. The number of hydrogen-bond donors (Lipinski definition) is 1. The van der Waals surface area contributed by atoms with Gasteiger partial charge in [0.2, 0.25) is 0 Å². The molecule has 0 amide bonds. The van der Waals surface area contributed by atoms with E-state index in [0.717, 1.165) is 37.3 Å². The van der Waals surface area contributed by atoms with Gasteiger partial charge in [-0.25, -0.2) is 4.39 Å². The summed E-state index contributed by atoms with van der Waals surface area (Å²) in [4.78, 5) is 4.94. The molecule has 1 aliphatic rings. The second-order valence-electron chi connectivity index (χ2n) is 6.95. The van der Waals surface area contributed by atoms with Crippen molar-refractivity contribution in [1.29, 1.82) is 0 Å². The molecule has 3 nitrogen and oxygen atoms in total. The van der Waals surface area contributed by atoms with Crippen LogP contribution in [0.1, 0.15) is 37.9 Å². The van der Waals surface area contributed by atoms with Gasteiger partial charge in [-0.15, -0.1) is 0 Å². The Kier molecular flexibility index (Phi) is 5.02. The Morgan fingerprint density at radius 2 is 1.81 bits per heavy atom. The van der Waals surface area contributed by atoms with Crippen LogP contribution < -0.4 is 5.73 Å². The fourth-order valence-electron chi connectivity index (χ4n) is 3.19. The van der Waals surface area contributed by atoms with Crippen LogP contribution in [0.3, 0.4) is 0 Å². The molecule has 0 spiro atoms. The van der Waals surface area contributed by atoms with Gasteiger partial charge in [0.05, 0.1) is 0 Å². The molecular weight excluding hydrogens is 265 g/mol. The van der Waals surface area contributed by atoms with Gasteiger partial charge in [0.1, 0.15) is 5.82 Å². The largest absolute Gasteiger partial charge is 0.329 e. The topological polar surface area (TPSA) is 32.5 Å². The third-order valence-electron chi connectivity index (χ3n) is 4.52. The zero-order valence-electron chi connectivity index (χ0n) is 13.7. The Balaban J connectivity index is 2.09. The maximum absolute atomic E-state index is 13.3. The van der Waals surface area contributed by atoms with Gasteiger partial charge in [-0.3, -0.25) is 9.80 Å². The Morgan fingerprint density at radius 3 is 2.29 bits per heavy atom. The van der Waals surface area contributed by atoms with Crippen LogP contribution in [0, 0.1) is 12.7 Å². The lowest BCUT2D eigenvalue weighted by Gasteiger charge is -2.44. The molecule has 0 bridgehead atoms. The van der Waals surface area contributed by atoms with Crippen LogP contribution in [0.2, 0.25) is 0 Å². The minimum atomic E-state index is -0.176. The van der Waals surface area contributed by atoms with Crippen LogP contribution in [0.5, 0.6) is 0 Å². The second-order valence-corrected chi connectivity index (χ2v) is 6.95. The SMILES string of the molecule is Cc1cc(F)ccc1C(CN)N1CCN(C(C)(C)C)CC1. The van der Waals surface area contributed by atoms with Gasteiger partial charge in [0.15, 0.2) is 0 Å². The number of piperazine rings is 1. The van der Waals surface area contributed by atoms with Crippen molar-refractivity contribution in [3.63, 3.8) is 0 Å². The fraction of sp³-hybridized carbons (Fsp3) is 0.647. The van der Waals surface area contributed by atoms with E-state index in [1.54, 1.807) is 6.07 Å². The lowest BCUT2D eigenvalue weighted by molar-refractivity contribution is 0.0432. The number of aryl methyl sites for hydroxylation is 1. The van der Waals surface area contributed by atoms with Crippen molar-refractivity contribution in [2.75, 3.05) is 32.7 Å². The van der Waals surface area contributed by atoms with E-state index in [9.17, 15) is 4.39 Å². The van der Waals surface area contributed by atoms with E-state index in [2.05, 4.69) is 30.6 Å². The summed E-state index contributed by atoms with van der Waals surface area (Å²) in [6, 6.07) is 5.21. The Bertz CT molecular complexity index is 473. The summed E-state index contributed by atoms with van der Waals surface area (Å²) in [5.74, 6) is -0.176. The molecule has 1 aromatic carbocycles. The van der Waals surface area contributed by atoms with Gasteiger partial charge < -0.3 is 5.73 Å². The van der Waals surface area contributed by atoms with Crippen molar-refractivity contribution >= 4 is 0 Å². The zero-order valence-corrected chi connectivity index (χ0v) is 13.7. The summed E-state index contributed by atoms with van der Waals surface area (Å²) in [5, 5.41) is 0. The highest BCUT2D eigenvalue weighted by molar-refractivity contribution is 5.30. The number of hydrogen-bond acceptors (Lipinski definition) is 3. The molecule has 21 heavy (non-hydrogen) atoms. The molecule has 2 rings (SSSR count). The van der Waals surface area contributed by atoms with Gasteiger partial charge in [0.25, 0.3) is 0 Å². The highest BCUT2D eigenvalue weighted by Crippen LogP contribution is 2.26. The molecule has 1 heterocycles. The third kappa shape index (κ3) is 3.82. The average molecular weight is 293 g/mol. The Morgan fingerprint density at radius 1 is 1.19 bits per heavy atom. The lowest BCUT2D eigenvalue weighted by Crippen LogP contribution is -2.54. The lowest BCUT2D eigenvalue weighted by atomic mass is 9.98. The first-order valence-electron chi connectivity index (χ1n) is 7.78. The fourth-order valence-corrected chi connectivity index (χ4v) is 3.19. The van der Waals surface area contributed by atoms with Crippen molar-refractivity contribution < 1.29 is 4.39 Å². The molecule has 0 saturated carbocycles. The maximum atomic E-state index is 13.3. The van der Waals surface area contributed by atoms with E-state index in [-0.39, 0.29) is 17.4 Å². The molecule has 1 aliphatic heterocycles. The first-order valence-corrected chi connectivity index (χ1v) is 7.78. The number of benzene rings is 1. The van der Waals surface area contributed by atoms with Gasteiger partial charge >= 0.3 is 0 Å². The normalized spacial score (nSPS) is 19.7. The maximum Gasteiger partial charge on any atom is 0.123 e. The molecule has 1 saturated heterocycles. The molecule has 0 aromatic heterocycles. The number of nitrogens with zero attached hydrogens (tertiary/aromatic N) is 2. The molecule has 4 heteroatoms. The van der Waals surface area contributed by atoms with E-state index in [4.69, 9.17) is 5.73 Å². The molecule has 2 N–H and O–H groups in total. The second kappa shape index (κ2) is 6.42. The Labute approximate surface area is 127 Å². The van der Waals surface area contributed by atoms with Crippen LogP contribution in [-0.2, 0) is 0 Å². The molecular formula is C17H28FN3. The standard InChI is InChI=1S/C17H28FN3/c1-13-11-14(18)5-6-15(13)16(12-19)20-7-9-21(10-8-20)17(2,3)4/h5-6,11,16H,7-10,12,19H2,1-4H3. The van der Waals surface area contributed by atoms with Crippen molar-refractivity contribution in [1.82, 2.24) is 9.80 Å². The van der Waals surface area contributed by atoms with Crippen LogP contribution in [0.15, 0.2) is 18.2 Å². The van der Waals surface area contributed by atoms with Crippen molar-refractivity contribution in [2.45, 2.75) is 39.3 Å². The van der Waals surface area contributed by atoms with Gasteiger partial charge in [0, 0.05) is 44.3 Å². The van der Waals surface area contributed by atoms with Crippen molar-refractivity contribution in [3.8, 4) is 0 Å². The van der Waals surface area contributed by atoms with Crippen molar-refractivity contribution in [2.24, 2.45) is 5.73 Å². The molecule has 0 radical (unpaired) electrons. The summed E-state index contributed by atoms with van der Waals surface area (Å²) in [6.45, 7) is 13.4. The first kappa shape index (κ1) is 16.4. The summed E-state index contributed by atoms with van der Waals surface area (Å²) < 4.78 is 13.3. The van der Waals surface area contributed by atoms with E-state index in [0.29, 0.717) is 6.54 Å². The highest BCUT2D eigenvalue weighted by atomic mass is 19.1. The smallest absolute Gasteiger partial charge is 0.123 e. The van der Waals surface area contributed by atoms with Crippen LogP contribution in [-0.4, -0.2) is 48.1 Å². The van der Waals surface area contributed by atoms with Crippen LogP contribution in [0.4, 0.5) is 4.39 Å². The predicted molar refractivity (Wildman–Crippen MR) is 85.8 cm³/mol. The van der Waals surface area contributed by atoms with Gasteiger partial charge in [-0.1, -0.05) is 6.07 Å². The van der Waals surface area contributed by atoms with Gasteiger partial charge in [-0.05, 0) is 51.0 Å². The van der Waals surface area contributed by atoms with Crippen molar-refractivity contribution in [3.05, 3.63) is 35.1 Å². The number of halogens is 1. The quantitative estimate of drug-likeness (QED) is 0.929. The third-order valence-corrected chi connectivity index (χ3v) is 4.52. The minimum Gasteiger partial charge on any atom is -0.329 e. The Hall–Kier alpha value is -0.970. The van der Waals surface area contributed by atoms with Crippen LogP contribution in [0.25, 0.3) is 0 Å².